The van der Waals surface area contributed by atoms with Crippen molar-refractivity contribution in [1.29, 1.82) is 0 Å². The minimum absolute atomic E-state index is 0.252. The molecular formula is C28H27FN2O3S. The number of thiazole rings is 1. The molecule has 0 atom stereocenters. The molecule has 0 amide bonds. The number of nitrogens with zero attached hydrogens (tertiary/aromatic N) is 2. The van der Waals surface area contributed by atoms with Gasteiger partial charge in [-0.05, 0) is 72.7 Å². The number of benzene rings is 3. The molecule has 1 aliphatic carbocycles. The molecule has 1 heterocycles. The monoisotopic (exact) mass is 490 g/mol. The van der Waals surface area contributed by atoms with Gasteiger partial charge in [0.2, 0.25) is 0 Å². The van der Waals surface area contributed by atoms with E-state index >= 15 is 0 Å². The third-order valence-electron chi connectivity index (χ3n) is 6.50. The van der Waals surface area contributed by atoms with E-state index in [1.54, 1.807) is 18.2 Å². The third kappa shape index (κ3) is 5.62. The second-order valence-corrected chi connectivity index (χ2v) is 9.99. The lowest BCUT2D eigenvalue weighted by atomic mass is 9.86. The number of anilines is 1. The van der Waals surface area contributed by atoms with E-state index in [0.717, 1.165) is 29.5 Å². The van der Waals surface area contributed by atoms with Crippen molar-refractivity contribution in [2.45, 2.75) is 32.2 Å². The minimum atomic E-state index is -0.949. The van der Waals surface area contributed by atoms with Gasteiger partial charge in [-0.15, -0.1) is 0 Å². The van der Waals surface area contributed by atoms with Crippen molar-refractivity contribution in [3.05, 3.63) is 89.2 Å². The van der Waals surface area contributed by atoms with Crippen LogP contribution in [-0.2, 0) is 13.0 Å². The standard InChI is InChI=1S/C28H27FN2O3S/c29-24-5-2-6-25-26(24)35-28(30-25)31(17-20-7-11-22(12-8-20)27(32)33)16-15-19-9-13-23(14-10-19)34-18-21-3-1-4-21/h2,5-14,21H,1,3-4,15-18H2,(H,32,33). The molecule has 0 aliphatic heterocycles. The number of aromatic nitrogens is 1. The largest absolute Gasteiger partial charge is 0.493 e. The molecule has 0 unspecified atom stereocenters. The highest BCUT2D eigenvalue weighted by Crippen LogP contribution is 2.32. The zero-order chi connectivity index (χ0) is 24.2. The maximum Gasteiger partial charge on any atom is 0.335 e. The molecule has 5 nitrogen and oxygen atoms in total. The van der Waals surface area contributed by atoms with Crippen molar-refractivity contribution in [3.63, 3.8) is 0 Å². The Balaban J connectivity index is 1.31. The summed E-state index contributed by atoms with van der Waals surface area (Å²) in [5, 5.41) is 9.93. The van der Waals surface area contributed by atoms with Crippen molar-refractivity contribution in [3.8, 4) is 5.75 Å². The summed E-state index contributed by atoms with van der Waals surface area (Å²) in [6, 6.07) is 20.0. The highest BCUT2D eigenvalue weighted by molar-refractivity contribution is 7.22. The van der Waals surface area contributed by atoms with Crippen LogP contribution in [0.25, 0.3) is 10.2 Å². The Labute approximate surface area is 207 Å². The summed E-state index contributed by atoms with van der Waals surface area (Å²) in [6.07, 6.45) is 4.63. The average Bonchev–Trinajstić information content (AvgIpc) is 3.27. The Morgan fingerprint density at radius 1 is 1.06 bits per heavy atom. The van der Waals surface area contributed by atoms with Crippen molar-refractivity contribution in [2.24, 2.45) is 5.92 Å². The van der Waals surface area contributed by atoms with E-state index < -0.39 is 5.97 Å². The molecule has 35 heavy (non-hydrogen) atoms. The van der Waals surface area contributed by atoms with E-state index in [9.17, 15) is 14.3 Å². The molecule has 1 aromatic heterocycles. The molecule has 1 saturated carbocycles. The van der Waals surface area contributed by atoms with E-state index in [2.05, 4.69) is 22.0 Å². The lowest BCUT2D eigenvalue weighted by Gasteiger charge is -2.25. The van der Waals surface area contributed by atoms with Crippen LogP contribution in [0.1, 0.15) is 40.7 Å². The van der Waals surface area contributed by atoms with Crippen LogP contribution in [0.4, 0.5) is 9.52 Å². The summed E-state index contributed by atoms with van der Waals surface area (Å²) in [6.45, 7) is 2.02. The van der Waals surface area contributed by atoms with Crippen LogP contribution >= 0.6 is 11.3 Å². The average molecular weight is 491 g/mol. The number of carboxylic acids is 1. The first kappa shape index (κ1) is 23.3. The van der Waals surface area contributed by atoms with Gasteiger partial charge >= 0.3 is 5.97 Å². The molecule has 1 fully saturated rings. The van der Waals surface area contributed by atoms with Crippen LogP contribution in [0.2, 0.25) is 0 Å². The highest BCUT2D eigenvalue weighted by Gasteiger charge is 2.18. The van der Waals surface area contributed by atoms with Crippen molar-refractivity contribution in [1.82, 2.24) is 4.98 Å². The van der Waals surface area contributed by atoms with Crippen LogP contribution in [0, 0.1) is 11.7 Å². The fourth-order valence-electron chi connectivity index (χ4n) is 4.14. The second-order valence-electron chi connectivity index (χ2n) is 9.01. The first-order valence-electron chi connectivity index (χ1n) is 11.9. The van der Waals surface area contributed by atoms with Crippen LogP contribution in [0.15, 0.2) is 66.7 Å². The van der Waals surface area contributed by atoms with E-state index in [1.165, 1.54) is 42.2 Å². The van der Waals surface area contributed by atoms with Gasteiger partial charge < -0.3 is 14.7 Å². The van der Waals surface area contributed by atoms with E-state index in [1.807, 2.05) is 30.3 Å². The van der Waals surface area contributed by atoms with Crippen LogP contribution in [0.3, 0.4) is 0 Å². The fourth-order valence-corrected chi connectivity index (χ4v) is 5.14. The Morgan fingerprint density at radius 2 is 1.80 bits per heavy atom. The topological polar surface area (TPSA) is 62.7 Å². The quantitative estimate of drug-likeness (QED) is 0.273. The molecule has 0 radical (unpaired) electrons. The van der Waals surface area contributed by atoms with Crippen molar-refractivity contribution in [2.75, 3.05) is 18.1 Å². The number of carboxylic acid groups (broad SMARTS) is 1. The number of aromatic carboxylic acids is 1. The van der Waals surface area contributed by atoms with Crippen LogP contribution in [0.5, 0.6) is 5.75 Å². The summed E-state index contributed by atoms with van der Waals surface area (Å²) in [7, 11) is 0. The highest BCUT2D eigenvalue weighted by atomic mass is 32.1. The minimum Gasteiger partial charge on any atom is -0.493 e. The molecular weight excluding hydrogens is 463 g/mol. The Hall–Kier alpha value is -3.45. The number of rotatable bonds is 10. The zero-order valence-electron chi connectivity index (χ0n) is 19.3. The molecule has 7 heteroatoms. The number of fused-ring (bicyclic) bond motifs is 1. The molecule has 0 spiro atoms. The number of hydrogen-bond donors (Lipinski definition) is 1. The summed E-state index contributed by atoms with van der Waals surface area (Å²) < 4.78 is 20.8. The Kier molecular flexibility index (Phi) is 6.95. The van der Waals surface area contributed by atoms with Gasteiger partial charge in [0.1, 0.15) is 11.6 Å². The zero-order valence-corrected chi connectivity index (χ0v) is 20.1. The Bertz CT molecular complexity index is 1300. The molecule has 0 saturated heterocycles. The van der Waals surface area contributed by atoms with Crippen LogP contribution in [-0.4, -0.2) is 29.2 Å². The summed E-state index contributed by atoms with van der Waals surface area (Å²) in [5.74, 6) is 0.383. The lowest BCUT2D eigenvalue weighted by molar-refractivity contribution is 0.0697. The van der Waals surface area contributed by atoms with E-state index in [0.29, 0.717) is 29.2 Å². The SMILES string of the molecule is O=C(O)c1ccc(CN(CCc2ccc(OCC3CCC3)cc2)c2nc3cccc(F)c3s2)cc1. The number of carbonyl (C=O) groups is 1. The van der Waals surface area contributed by atoms with E-state index in [-0.39, 0.29) is 11.4 Å². The molecule has 4 aromatic rings. The summed E-state index contributed by atoms with van der Waals surface area (Å²) in [5.41, 5.74) is 3.04. The summed E-state index contributed by atoms with van der Waals surface area (Å²) in [4.78, 5) is 18.0. The maximum atomic E-state index is 14.3. The number of hydrogen-bond acceptors (Lipinski definition) is 5. The van der Waals surface area contributed by atoms with Gasteiger partial charge in [-0.3, -0.25) is 0 Å². The second kappa shape index (κ2) is 10.4. The molecule has 1 N–H and O–H groups in total. The molecule has 180 valence electrons. The van der Waals surface area contributed by atoms with Crippen molar-refractivity contribution >= 4 is 32.7 Å². The smallest absolute Gasteiger partial charge is 0.335 e. The number of ether oxygens (including phenoxy) is 1. The fraction of sp³-hybridized carbons (Fsp3) is 0.286. The van der Waals surface area contributed by atoms with Gasteiger partial charge in [0, 0.05) is 13.1 Å². The third-order valence-corrected chi connectivity index (χ3v) is 7.65. The predicted octanol–water partition coefficient (Wildman–Crippen LogP) is 6.56. The summed E-state index contributed by atoms with van der Waals surface area (Å²) >= 11 is 1.34. The van der Waals surface area contributed by atoms with Crippen molar-refractivity contribution < 1.29 is 19.0 Å². The first-order valence-corrected chi connectivity index (χ1v) is 12.7. The maximum absolute atomic E-state index is 14.3. The first-order chi connectivity index (χ1) is 17.0. The van der Waals surface area contributed by atoms with Gasteiger partial charge in [0.25, 0.3) is 0 Å². The van der Waals surface area contributed by atoms with E-state index in [4.69, 9.17) is 4.74 Å². The van der Waals surface area contributed by atoms with Gasteiger partial charge in [-0.1, -0.05) is 48.1 Å². The Morgan fingerprint density at radius 3 is 2.46 bits per heavy atom. The van der Waals surface area contributed by atoms with Gasteiger partial charge in [0.15, 0.2) is 5.13 Å². The normalized spacial score (nSPS) is 13.5. The van der Waals surface area contributed by atoms with Crippen LogP contribution < -0.4 is 9.64 Å². The lowest BCUT2D eigenvalue weighted by Crippen LogP contribution is -2.25. The number of halogens is 1. The predicted molar refractivity (Wildman–Crippen MR) is 137 cm³/mol. The molecule has 1 aliphatic rings. The van der Waals surface area contributed by atoms with Gasteiger partial charge in [-0.25, -0.2) is 14.2 Å². The van der Waals surface area contributed by atoms with Gasteiger partial charge in [0.05, 0.1) is 22.4 Å². The van der Waals surface area contributed by atoms with Gasteiger partial charge in [-0.2, -0.15) is 0 Å². The molecule has 5 rings (SSSR count). The molecule has 0 bridgehead atoms. The molecule has 3 aromatic carbocycles.